The monoisotopic (exact) mass is 664 g/mol. The van der Waals surface area contributed by atoms with Crippen LogP contribution in [0.15, 0.2) is 36.7 Å². The number of alkyl halides is 1. The van der Waals surface area contributed by atoms with E-state index in [1.807, 2.05) is 0 Å². The number of methoxy groups -OCH3 is 1. The Labute approximate surface area is 276 Å². The number of halogens is 1. The number of amides is 3. The van der Waals surface area contributed by atoms with Gasteiger partial charge in [-0.3, -0.25) is 14.9 Å². The number of H-pyrrole nitrogens is 1. The van der Waals surface area contributed by atoms with Crippen LogP contribution >= 0.6 is 11.6 Å². The van der Waals surface area contributed by atoms with Gasteiger partial charge in [-0.2, -0.15) is 0 Å². The lowest BCUT2D eigenvalue weighted by atomic mass is 9.95. The SMILES string of the molecule is COC(=O)c1c(C)[nH]c2c(O)cc3c(c12)C(CCl)CN3C(=O)/C=C/c1cc(NC(=O)c2cc(NC(=O)OC(C)(C)C)cn2C)cn1C. The van der Waals surface area contributed by atoms with E-state index in [9.17, 15) is 24.3 Å². The van der Waals surface area contributed by atoms with Crippen molar-refractivity contribution in [3.63, 3.8) is 0 Å². The number of hydrogen-bond donors (Lipinski definition) is 4. The van der Waals surface area contributed by atoms with Gasteiger partial charge in [0, 0.05) is 73.7 Å². The number of anilines is 3. The van der Waals surface area contributed by atoms with E-state index in [-0.39, 0.29) is 30.0 Å². The molecule has 0 aliphatic carbocycles. The third-order valence-corrected chi connectivity index (χ3v) is 8.16. The Morgan fingerprint density at radius 2 is 1.77 bits per heavy atom. The maximum Gasteiger partial charge on any atom is 0.412 e. The Morgan fingerprint density at radius 3 is 2.43 bits per heavy atom. The average Bonchev–Trinajstić information content (AvgIpc) is 3.73. The minimum Gasteiger partial charge on any atom is -0.506 e. The number of nitrogens with one attached hydrogen (secondary N) is 3. The minimum absolute atomic E-state index is 0.109. The second-order valence-corrected chi connectivity index (χ2v) is 12.7. The van der Waals surface area contributed by atoms with Crippen molar-refractivity contribution in [3.8, 4) is 5.75 Å². The smallest absolute Gasteiger partial charge is 0.412 e. The molecule has 4 heterocycles. The van der Waals surface area contributed by atoms with E-state index < -0.39 is 23.6 Å². The molecule has 14 heteroatoms. The van der Waals surface area contributed by atoms with Gasteiger partial charge in [0.1, 0.15) is 17.0 Å². The van der Waals surface area contributed by atoms with E-state index in [0.717, 1.165) is 0 Å². The van der Waals surface area contributed by atoms with E-state index in [0.29, 0.717) is 56.2 Å². The number of aromatic nitrogens is 3. The molecular formula is C33H37ClN6O7. The number of phenols is 1. The van der Waals surface area contributed by atoms with Crippen LogP contribution in [-0.2, 0) is 28.4 Å². The minimum atomic E-state index is -0.665. The topological polar surface area (TPSA) is 160 Å². The molecule has 1 aromatic carbocycles. The Morgan fingerprint density at radius 1 is 1.09 bits per heavy atom. The number of rotatable bonds is 7. The molecule has 1 aliphatic rings. The fourth-order valence-corrected chi connectivity index (χ4v) is 6.02. The van der Waals surface area contributed by atoms with Crippen molar-refractivity contribution in [2.45, 2.75) is 39.2 Å². The van der Waals surface area contributed by atoms with Gasteiger partial charge in [0.05, 0.1) is 35.3 Å². The summed E-state index contributed by atoms with van der Waals surface area (Å²) in [6, 6.07) is 4.75. The molecule has 13 nitrogen and oxygen atoms in total. The average molecular weight is 665 g/mol. The van der Waals surface area contributed by atoms with Gasteiger partial charge in [-0.15, -0.1) is 11.6 Å². The van der Waals surface area contributed by atoms with E-state index in [1.165, 1.54) is 30.2 Å². The summed E-state index contributed by atoms with van der Waals surface area (Å²) in [7, 11) is 4.74. The summed E-state index contributed by atoms with van der Waals surface area (Å²) in [5, 5.41) is 16.8. The molecule has 1 aliphatic heterocycles. The number of aromatic amines is 1. The van der Waals surface area contributed by atoms with Crippen LogP contribution in [0, 0.1) is 6.92 Å². The van der Waals surface area contributed by atoms with Crippen molar-refractivity contribution in [2.24, 2.45) is 14.1 Å². The lowest BCUT2D eigenvalue weighted by Crippen LogP contribution is -2.28. The highest BCUT2D eigenvalue weighted by molar-refractivity contribution is 6.20. The summed E-state index contributed by atoms with van der Waals surface area (Å²) in [4.78, 5) is 56.0. The highest BCUT2D eigenvalue weighted by Crippen LogP contribution is 2.47. The van der Waals surface area contributed by atoms with Crippen LogP contribution in [0.25, 0.3) is 17.0 Å². The standard InChI is InChI=1S/C33H37ClN6O7/c1-17-26(31(44)46-7)28-27-18(13-34)14-40(22(27)12-24(41)29(28)35-17)25(42)9-8-21-10-19(15-38(21)5)36-30(43)23-11-20(16-39(23)6)37-32(45)47-33(2,3)4/h8-12,15-16,18,35,41H,13-14H2,1-7H3,(H,36,43)(H,37,45)/b9-8+. The van der Waals surface area contributed by atoms with Gasteiger partial charge < -0.3 is 38.9 Å². The number of aryl methyl sites for hydroxylation is 3. The van der Waals surface area contributed by atoms with Crippen LogP contribution in [0.3, 0.4) is 0 Å². The first kappa shape index (κ1) is 33.2. The molecule has 4 N–H and O–H groups in total. The van der Waals surface area contributed by atoms with E-state index >= 15 is 0 Å². The first-order chi connectivity index (χ1) is 22.1. The van der Waals surface area contributed by atoms with Gasteiger partial charge in [-0.25, -0.2) is 9.59 Å². The quantitative estimate of drug-likeness (QED) is 0.113. The van der Waals surface area contributed by atoms with Crippen molar-refractivity contribution >= 4 is 69.5 Å². The lowest BCUT2D eigenvalue weighted by Gasteiger charge is -2.19. The van der Waals surface area contributed by atoms with E-state index in [1.54, 1.807) is 75.5 Å². The summed E-state index contributed by atoms with van der Waals surface area (Å²) < 4.78 is 13.6. The molecule has 0 fully saturated rings. The molecule has 0 saturated carbocycles. The largest absolute Gasteiger partial charge is 0.506 e. The van der Waals surface area contributed by atoms with Gasteiger partial charge in [-0.05, 0) is 51.5 Å². The van der Waals surface area contributed by atoms with Crippen LogP contribution < -0.4 is 15.5 Å². The second kappa shape index (κ2) is 12.6. The number of ether oxygens (including phenoxy) is 2. The summed E-state index contributed by atoms with van der Waals surface area (Å²) in [5.74, 6) is -1.53. The Balaban J connectivity index is 1.34. The molecule has 3 amide bonds. The first-order valence-electron chi connectivity index (χ1n) is 14.8. The lowest BCUT2D eigenvalue weighted by molar-refractivity contribution is -0.114. The molecule has 1 atom stereocenters. The Kier molecular flexibility index (Phi) is 8.87. The molecule has 248 valence electrons. The van der Waals surface area contributed by atoms with Crippen molar-refractivity contribution in [1.82, 2.24) is 14.1 Å². The zero-order valence-corrected chi connectivity index (χ0v) is 27.9. The molecule has 0 bridgehead atoms. The predicted octanol–water partition coefficient (Wildman–Crippen LogP) is 5.63. The van der Waals surface area contributed by atoms with Gasteiger partial charge >= 0.3 is 12.1 Å². The molecule has 47 heavy (non-hydrogen) atoms. The van der Waals surface area contributed by atoms with Crippen molar-refractivity contribution < 1.29 is 33.8 Å². The third kappa shape index (κ3) is 6.57. The molecule has 4 aromatic rings. The van der Waals surface area contributed by atoms with Crippen LogP contribution in [-0.4, -0.2) is 68.2 Å². The summed E-state index contributed by atoms with van der Waals surface area (Å²) in [5.41, 5.74) is 3.52. The summed E-state index contributed by atoms with van der Waals surface area (Å²) in [6.07, 6.45) is 5.70. The first-order valence-corrected chi connectivity index (χ1v) is 15.3. The summed E-state index contributed by atoms with van der Waals surface area (Å²) in [6.45, 7) is 7.24. The van der Waals surface area contributed by atoms with Gasteiger partial charge in [0.25, 0.3) is 11.8 Å². The van der Waals surface area contributed by atoms with Crippen molar-refractivity contribution in [1.29, 1.82) is 0 Å². The molecule has 5 rings (SSSR count). The van der Waals surface area contributed by atoms with Crippen LogP contribution in [0.5, 0.6) is 5.75 Å². The second-order valence-electron chi connectivity index (χ2n) is 12.4. The zero-order valence-electron chi connectivity index (χ0n) is 27.1. The molecule has 0 saturated heterocycles. The highest BCUT2D eigenvalue weighted by Gasteiger charge is 2.36. The molecule has 0 spiro atoms. The maximum atomic E-state index is 13.5. The van der Waals surface area contributed by atoms with Gasteiger partial charge in [0.15, 0.2) is 0 Å². The zero-order chi connectivity index (χ0) is 34.4. The maximum absolute atomic E-state index is 13.5. The number of esters is 1. The summed E-state index contributed by atoms with van der Waals surface area (Å²) >= 11 is 6.35. The number of hydrogen-bond acceptors (Lipinski definition) is 7. The Hall–Kier alpha value is -5.17. The number of nitrogens with zero attached hydrogens (tertiary/aromatic N) is 3. The van der Waals surface area contributed by atoms with E-state index in [2.05, 4.69) is 15.6 Å². The van der Waals surface area contributed by atoms with Gasteiger partial charge in [0.2, 0.25) is 0 Å². The van der Waals surface area contributed by atoms with Crippen molar-refractivity contribution in [3.05, 3.63) is 64.9 Å². The number of fused-ring (bicyclic) bond motifs is 3. The third-order valence-electron chi connectivity index (χ3n) is 7.79. The highest BCUT2D eigenvalue weighted by atomic mass is 35.5. The number of benzene rings is 1. The van der Waals surface area contributed by atoms with Gasteiger partial charge in [-0.1, -0.05) is 0 Å². The normalized spacial score (nSPS) is 14.5. The molecular weight excluding hydrogens is 628 g/mol. The number of carbonyl (C=O) groups is 4. The van der Waals surface area contributed by atoms with Crippen LogP contribution in [0.4, 0.5) is 21.9 Å². The van der Waals surface area contributed by atoms with Crippen molar-refractivity contribution in [2.75, 3.05) is 35.1 Å². The fraction of sp³-hybridized carbons (Fsp3) is 0.333. The van der Waals surface area contributed by atoms with Crippen LogP contribution in [0.2, 0.25) is 0 Å². The number of carbonyl (C=O) groups excluding carboxylic acids is 4. The number of aromatic hydroxyl groups is 1. The van der Waals surface area contributed by atoms with Crippen LogP contribution in [0.1, 0.15) is 64.5 Å². The molecule has 3 aromatic heterocycles. The predicted molar refractivity (Wildman–Crippen MR) is 180 cm³/mol. The van der Waals surface area contributed by atoms with E-state index in [4.69, 9.17) is 21.1 Å². The molecule has 0 radical (unpaired) electrons. The number of phenolic OH excluding ortho intramolecular Hbond substituents is 1. The Bertz CT molecular complexity index is 1940. The fourth-order valence-electron chi connectivity index (χ4n) is 5.77. The molecule has 1 unspecified atom stereocenters.